The summed E-state index contributed by atoms with van der Waals surface area (Å²) in [6.45, 7) is 1.27. The van der Waals surface area contributed by atoms with Gasteiger partial charge in [-0.2, -0.15) is 13.2 Å². The Balaban J connectivity index is 4.03. The van der Waals surface area contributed by atoms with E-state index in [1.54, 1.807) is 0 Å². The summed E-state index contributed by atoms with van der Waals surface area (Å²) in [6, 6.07) is -1.19. The number of ether oxygens (including phenoxy) is 1. The van der Waals surface area contributed by atoms with Gasteiger partial charge in [0.25, 0.3) is 0 Å². The second kappa shape index (κ2) is 7.93. The summed E-state index contributed by atoms with van der Waals surface area (Å²) in [5, 5.41) is 11.1. The van der Waals surface area contributed by atoms with Crippen LogP contribution in [0, 0.1) is 5.92 Å². The lowest BCUT2D eigenvalue weighted by Gasteiger charge is -2.22. The molecule has 0 aliphatic rings. The molecular formula is C11H19F3N2O4. The van der Waals surface area contributed by atoms with Crippen molar-refractivity contribution in [2.75, 3.05) is 26.8 Å². The van der Waals surface area contributed by atoms with E-state index in [1.807, 2.05) is 0 Å². The molecule has 0 aromatic rings. The molecule has 6 nitrogen and oxygen atoms in total. The fraction of sp³-hybridized carbons (Fsp3) is 0.818. The Kier molecular flexibility index (Phi) is 7.33. The van der Waals surface area contributed by atoms with Crippen LogP contribution in [-0.2, 0) is 9.53 Å². The first-order valence-electron chi connectivity index (χ1n) is 5.92. The number of urea groups is 1. The molecule has 0 bridgehead atoms. The standard InChI is InChI=1S/C11H19F3N2O4/c1-7(9(17)18)4-16(3)10(19)15-8(2)5-20-6-11(12,13)14/h7-8H,4-6H2,1-3H3,(H,15,19)(H,17,18). The van der Waals surface area contributed by atoms with E-state index in [0.717, 1.165) is 4.90 Å². The largest absolute Gasteiger partial charge is 0.481 e. The van der Waals surface area contributed by atoms with Gasteiger partial charge in [-0.25, -0.2) is 4.79 Å². The minimum atomic E-state index is -4.41. The van der Waals surface area contributed by atoms with Gasteiger partial charge in [0, 0.05) is 13.6 Å². The first-order valence-corrected chi connectivity index (χ1v) is 5.92. The monoisotopic (exact) mass is 300 g/mol. The van der Waals surface area contributed by atoms with Crippen molar-refractivity contribution in [2.45, 2.75) is 26.1 Å². The van der Waals surface area contributed by atoms with Gasteiger partial charge < -0.3 is 20.1 Å². The Morgan fingerprint density at radius 1 is 1.35 bits per heavy atom. The van der Waals surface area contributed by atoms with Crippen LogP contribution >= 0.6 is 0 Å². The Hall–Kier alpha value is -1.51. The van der Waals surface area contributed by atoms with E-state index in [1.165, 1.54) is 20.9 Å². The molecule has 0 aromatic heterocycles. The molecule has 2 N–H and O–H groups in total. The lowest BCUT2D eigenvalue weighted by Crippen LogP contribution is -2.45. The van der Waals surface area contributed by atoms with E-state index >= 15 is 0 Å². The number of nitrogens with zero attached hydrogens (tertiary/aromatic N) is 1. The van der Waals surface area contributed by atoms with Crippen LogP contribution in [-0.4, -0.2) is 61.0 Å². The molecule has 118 valence electrons. The zero-order chi connectivity index (χ0) is 15.9. The smallest absolute Gasteiger partial charge is 0.411 e. The van der Waals surface area contributed by atoms with Crippen LogP contribution in [0.2, 0.25) is 0 Å². The predicted octanol–water partition coefficient (Wildman–Crippen LogP) is 1.32. The van der Waals surface area contributed by atoms with Crippen molar-refractivity contribution in [1.29, 1.82) is 0 Å². The SMILES string of the molecule is CC(COCC(F)(F)F)NC(=O)N(C)CC(C)C(=O)O. The molecule has 0 aliphatic carbocycles. The molecule has 0 saturated heterocycles. The molecule has 2 atom stereocenters. The van der Waals surface area contributed by atoms with Crippen LogP contribution in [0.1, 0.15) is 13.8 Å². The van der Waals surface area contributed by atoms with E-state index in [9.17, 15) is 22.8 Å². The van der Waals surface area contributed by atoms with Crippen LogP contribution in [0.15, 0.2) is 0 Å². The molecule has 0 fully saturated rings. The average molecular weight is 300 g/mol. The van der Waals surface area contributed by atoms with Gasteiger partial charge in [-0.1, -0.05) is 6.92 Å². The average Bonchev–Trinajstić information content (AvgIpc) is 2.26. The summed E-state index contributed by atoms with van der Waals surface area (Å²) in [7, 11) is 1.40. The second-order valence-electron chi connectivity index (χ2n) is 4.60. The van der Waals surface area contributed by atoms with Gasteiger partial charge in [-0.05, 0) is 6.92 Å². The third-order valence-corrected chi connectivity index (χ3v) is 2.32. The number of rotatable bonds is 7. The van der Waals surface area contributed by atoms with Gasteiger partial charge in [0.2, 0.25) is 0 Å². The molecule has 0 rings (SSSR count). The summed E-state index contributed by atoms with van der Waals surface area (Å²) in [5.41, 5.74) is 0. The number of hydrogen-bond donors (Lipinski definition) is 2. The summed E-state index contributed by atoms with van der Waals surface area (Å²) < 4.78 is 39.9. The molecule has 0 saturated carbocycles. The summed E-state index contributed by atoms with van der Waals surface area (Å²) >= 11 is 0. The number of aliphatic carboxylic acids is 1. The van der Waals surface area contributed by atoms with Crippen molar-refractivity contribution in [1.82, 2.24) is 10.2 Å². The summed E-state index contributed by atoms with van der Waals surface area (Å²) in [5.74, 6) is -1.77. The maximum absolute atomic E-state index is 11.8. The van der Waals surface area contributed by atoms with Gasteiger partial charge in [0.15, 0.2) is 0 Å². The van der Waals surface area contributed by atoms with Gasteiger partial charge in [0.1, 0.15) is 6.61 Å². The number of carbonyl (C=O) groups excluding carboxylic acids is 1. The number of carbonyl (C=O) groups is 2. The Bertz CT molecular complexity index is 336. The van der Waals surface area contributed by atoms with Crippen molar-refractivity contribution in [2.24, 2.45) is 5.92 Å². The zero-order valence-electron chi connectivity index (χ0n) is 11.5. The van der Waals surface area contributed by atoms with Crippen LogP contribution < -0.4 is 5.32 Å². The molecule has 0 radical (unpaired) electrons. The Morgan fingerprint density at radius 2 is 1.90 bits per heavy atom. The number of hydrogen-bond acceptors (Lipinski definition) is 3. The van der Waals surface area contributed by atoms with Crippen LogP contribution in [0.4, 0.5) is 18.0 Å². The molecule has 2 unspecified atom stereocenters. The van der Waals surface area contributed by atoms with Crippen molar-refractivity contribution in [3.63, 3.8) is 0 Å². The number of alkyl halides is 3. The minimum Gasteiger partial charge on any atom is -0.481 e. The highest BCUT2D eigenvalue weighted by Crippen LogP contribution is 2.14. The predicted molar refractivity (Wildman–Crippen MR) is 64.3 cm³/mol. The first kappa shape index (κ1) is 18.5. The lowest BCUT2D eigenvalue weighted by molar-refractivity contribution is -0.174. The fourth-order valence-electron chi connectivity index (χ4n) is 1.29. The number of amides is 2. The van der Waals surface area contributed by atoms with Gasteiger partial charge in [0.05, 0.1) is 18.6 Å². The van der Waals surface area contributed by atoms with Crippen LogP contribution in [0.25, 0.3) is 0 Å². The zero-order valence-corrected chi connectivity index (χ0v) is 11.5. The number of carboxylic acid groups (broad SMARTS) is 1. The van der Waals surface area contributed by atoms with E-state index in [2.05, 4.69) is 10.1 Å². The fourth-order valence-corrected chi connectivity index (χ4v) is 1.29. The van der Waals surface area contributed by atoms with Crippen LogP contribution in [0.5, 0.6) is 0 Å². The summed E-state index contributed by atoms with van der Waals surface area (Å²) in [6.07, 6.45) is -4.41. The van der Waals surface area contributed by atoms with E-state index < -0.39 is 36.7 Å². The first-order chi connectivity index (χ1) is 9.03. The normalized spacial score (nSPS) is 14.5. The maximum atomic E-state index is 11.8. The molecule has 9 heteroatoms. The quantitative estimate of drug-likeness (QED) is 0.743. The lowest BCUT2D eigenvalue weighted by atomic mass is 10.2. The highest BCUT2D eigenvalue weighted by Gasteiger charge is 2.27. The number of nitrogens with one attached hydrogen (secondary N) is 1. The topological polar surface area (TPSA) is 78.9 Å². The van der Waals surface area contributed by atoms with Gasteiger partial charge >= 0.3 is 18.2 Å². The second-order valence-corrected chi connectivity index (χ2v) is 4.60. The Morgan fingerprint density at radius 3 is 2.35 bits per heavy atom. The minimum absolute atomic E-state index is 0.00268. The molecule has 0 aromatic carbocycles. The van der Waals surface area contributed by atoms with E-state index in [-0.39, 0.29) is 13.2 Å². The number of carboxylic acids is 1. The van der Waals surface area contributed by atoms with Gasteiger partial charge in [-0.3, -0.25) is 4.79 Å². The van der Waals surface area contributed by atoms with E-state index in [0.29, 0.717) is 0 Å². The molecule has 2 amide bonds. The van der Waals surface area contributed by atoms with E-state index in [4.69, 9.17) is 5.11 Å². The highest BCUT2D eigenvalue weighted by molar-refractivity contribution is 5.75. The number of halogens is 3. The van der Waals surface area contributed by atoms with Gasteiger partial charge in [-0.15, -0.1) is 0 Å². The van der Waals surface area contributed by atoms with Crippen molar-refractivity contribution in [3.8, 4) is 0 Å². The van der Waals surface area contributed by atoms with Crippen molar-refractivity contribution >= 4 is 12.0 Å². The highest BCUT2D eigenvalue weighted by atomic mass is 19.4. The van der Waals surface area contributed by atoms with Crippen LogP contribution in [0.3, 0.4) is 0 Å². The third kappa shape index (κ3) is 8.57. The molecule has 0 aliphatic heterocycles. The molecule has 0 spiro atoms. The van der Waals surface area contributed by atoms with Crippen molar-refractivity contribution in [3.05, 3.63) is 0 Å². The maximum Gasteiger partial charge on any atom is 0.411 e. The Labute approximate surface area is 114 Å². The third-order valence-electron chi connectivity index (χ3n) is 2.32. The van der Waals surface area contributed by atoms with Crippen molar-refractivity contribution < 1.29 is 32.6 Å². The molecule has 20 heavy (non-hydrogen) atoms. The molecule has 0 heterocycles. The summed E-state index contributed by atoms with van der Waals surface area (Å²) in [4.78, 5) is 23.4. The molecular weight excluding hydrogens is 281 g/mol.